The number of hydrogen-bond acceptors (Lipinski definition) is 4. The van der Waals surface area contributed by atoms with Crippen molar-refractivity contribution in [3.63, 3.8) is 0 Å². The molecule has 0 radical (unpaired) electrons. The van der Waals surface area contributed by atoms with Crippen LogP contribution in [0.25, 0.3) is 0 Å². The lowest BCUT2D eigenvalue weighted by molar-refractivity contribution is 0.0898. The third kappa shape index (κ3) is 2.33. The topological polar surface area (TPSA) is 67.0 Å². The summed E-state index contributed by atoms with van der Waals surface area (Å²) in [5.41, 5.74) is -0.0926. The van der Waals surface area contributed by atoms with Crippen molar-refractivity contribution in [2.24, 2.45) is 5.92 Å². The summed E-state index contributed by atoms with van der Waals surface area (Å²) in [6.07, 6.45) is 5.26. The summed E-state index contributed by atoms with van der Waals surface area (Å²) in [6, 6.07) is 0.297. The van der Waals surface area contributed by atoms with E-state index < -0.39 is 0 Å². The number of H-pyrrole nitrogens is 1. The molecule has 6 heteroatoms. The van der Waals surface area contributed by atoms with Gasteiger partial charge in [0.25, 0.3) is 5.56 Å². The van der Waals surface area contributed by atoms with Gasteiger partial charge in [0.15, 0.2) is 0 Å². The van der Waals surface area contributed by atoms with Crippen LogP contribution in [0.15, 0.2) is 11.1 Å². The molecule has 1 saturated carbocycles. The first-order chi connectivity index (χ1) is 8.25. The van der Waals surface area contributed by atoms with Crippen LogP contribution in [0.5, 0.6) is 0 Å². The van der Waals surface area contributed by atoms with Crippen molar-refractivity contribution in [2.75, 3.05) is 11.9 Å². The minimum atomic E-state index is -0.0926. The second-order valence-corrected chi connectivity index (χ2v) is 5.69. The molecule has 1 aromatic heterocycles. The summed E-state index contributed by atoms with van der Waals surface area (Å²) < 4.78 is 6.37. The number of aromatic nitrogens is 2. The number of aromatic amines is 1. The third-order valence-corrected chi connectivity index (χ3v) is 4.34. The van der Waals surface area contributed by atoms with Gasteiger partial charge in [0, 0.05) is 6.61 Å². The van der Waals surface area contributed by atoms with E-state index in [-0.39, 0.29) is 5.56 Å². The summed E-state index contributed by atoms with van der Waals surface area (Å²) in [7, 11) is 0. The normalized spacial score (nSPS) is 28.3. The SMILES string of the molecule is O=c1[nH]cnc(NC2CCOC2C2CC2)c1I. The summed E-state index contributed by atoms with van der Waals surface area (Å²) in [6.45, 7) is 0.804. The molecule has 0 bridgehead atoms. The Balaban J connectivity index is 1.77. The minimum Gasteiger partial charge on any atom is -0.376 e. The average Bonchev–Trinajstić information content (AvgIpc) is 3.06. The third-order valence-electron chi connectivity index (χ3n) is 3.34. The molecule has 3 rings (SSSR count). The molecule has 5 nitrogen and oxygen atoms in total. The van der Waals surface area contributed by atoms with Crippen LogP contribution in [0.2, 0.25) is 0 Å². The Hall–Kier alpha value is -0.630. The van der Waals surface area contributed by atoms with Gasteiger partial charge in [0.05, 0.1) is 18.5 Å². The molecule has 2 atom stereocenters. The number of nitrogens with zero attached hydrogens (tertiary/aromatic N) is 1. The molecule has 1 saturated heterocycles. The molecule has 2 N–H and O–H groups in total. The van der Waals surface area contributed by atoms with Crippen molar-refractivity contribution >= 4 is 28.4 Å². The van der Waals surface area contributed by atoms with Crippen LogP contribution in [0, 0.1) is 9.49 Å². The van der Waals surface area contributed by atoms with E-state index in [2.05, 4.69) is 15.3 Å². The molecule has 1 aromatic rings. The zero-order chi connectivity index (χ0) is 11.8. The van der Waals surface area contributed by atoms with E-state index in [0.717, 1.165) is 13.0 Å². The Bertz CT molecular complexity index is 472. The Morgan fingerprint density at radius 1 is 1.47 bits per heavy atom. The number of rotatable bonds is 3. The van der Waals surface area contributed by atoms with Gasteiger partial charge < -0.3 is 15.0 Å². The summed E-state index contributed by atoms with van der Waals surface area (Å²) in [4.78, 5) is 18.2. The van der Waals surface area contributed by atoms with Crippen LogP contribution in [-0.2, 0) is 4.74 Å². The summed E-state index contributed by atoms with van der Waals surface area (Å²) in [5, 5.41) is 3.36. The van der Waals surface area contributed by atoms with Gasteiger partial charge in [-0.15, -0.1) is 0 Å². The van der Waals surface area contributed by atoms with Crippen LogP contribution in [0.4, 0.5) is 5.82 Å². The van der Waals surface area contributed by atoms with Gasteiger partial charge in [-0.05, 0) is 47.8 Å². The Morgan fingerprint density at radius 3 is 3.06 bits per heavy atom. The summed E-state index contributed by atoms with van der Waals surface area (Å²) >= 11 is 2.02. The number of nitrogens with one attached hydrogen (secondary N) is 2. The Labute approximate surface area is 113 Å². The molecule has 2 heterocycles. The van der Waals surface area contributed by atoms with Crippen molar-refractivity contribution in [1.29, 1.82) is 0 Å². The highest BCUT2D eigenvalue weighted by atomic mass is 127. The van der Waals surface area contributed by atoms with Crippen LogP contribution in [0.1, 0.15) is 19.3 Å². The zero-order valence-corrected chi connectivity index (χ0v) is 11.4. The lowest BCUT2D eigenvalue weighted by Gasteiger charge is -2.20. The van der Waals surface area contributed by atoms with Crippen LogP contribution < -0.4 is 10.9 Å². The van der Waals surface area contributed by atoms with Crippen LogP contribution >= 0.6 is 22.6 Å². The highest BCUT2D eigenvalue weighted by Gasteiger charge is 2.40. The molecular weight excluding hydrogens is 333 g/mol. The highest BCUT2D eigenvalue weighted by molar-refractivity contribution is 14.1. The second kappa shape index (κ2) is 4.56. The number of ether oxygens (including phenoxy) is 1. The Morgan fingerprint density at radius 2 is 2.29 bits per heavy atom. The second-order valence-electron chi connectivity index (χ2n) is 4.61. The number of anilines is 1. The van der Waals surface area contributed by atoms with Crippen molar-refractivity contribution in [3.8, 4) is 0 Å². The van der Waals surface area contributed by atoms with Gasteiger partial charge in [0.1, 0.15) is 9.39 Å². The molecule has 92 valence electrons. The standard InChI is InChI=1S/C11H14IN3O2/c12-8-10(13-5-14-11(8)16)15-7-3-4-17-9(7)6-1-2-6/h5-7,9H,1-4H2,(H2,13,14,15,16). The van der Waals surface area contributed by atoms with Gasteiger partial charge in [-0.3, -0.25) is 4.79 Å². The molecule has 1 aliphatic heterocycles. The molecule has 2 unspecified atom stereocenters. The monoisotopic (exact) mass is 347 g/mol. The van der Waals surface area contributed by atoms with Gasteiger partial charge in [-0.25, -0.2) is 4.98 Å². The maximum atomic E-state index is 11.5. The average molecular weight is 347 g/mol. The predicted molar refractivity (Wildman–Crippen MR) is 72.1 cm³/mol. The van der Waals surface area contributed by atoms with Crippen molar-refractivity contribution in [3.05, 3.63) is 20.3 Å². The van der Waals surface area contributed by atoms with E-state index in [0.29, 0.717) is 27.5 Å². The molecular formula is C11H14IN3O2. The molecule has 2 fully saturated rings. The van der Waals surface area contributed by atoms with Crippen molar-refractivity contribution in [1.82, 2.24) is 9.97 Å². The van der Waals surface area contributed by atoms with Gasteiger partial charge in [-0.1, -0.05) is 0 Å². The smallest absolute Gasteiger partial charge is 0.266 e. The maximum absolute atomic E-state index is 11.5. The lowest BCUT2D eigenvalue weighted by atomic mass is 10.1. The molecule has 0 amide bonds. The first-order valence-corrected chi connectivity index (χ1v) is 6.95. The zero-order valence-electron chi connectivity index (χ0n) is 9.28. The fourth-order valence-electron chi connectivity index (χ4n) is 2.31. The van der Waals surface area contributed by atoms with Crippen LogP contribution in [0.3, 0.4) is 0 Å². The van der Waals surface area contributed by atoms with E-state index in [1.165, 1.54) is 19.2 Å². The molecule has 2 aliphatic rings. The van der Waals surface area contributed by atoms with E-state index in [1.54, 1.807) is 0 Å². The fourth-order valence-corrected chi connectivity index (χ4v) is 2.77. The van der Waals surface area contributed by atoms with Crippen LogP contribution in [-0.4, -0.2) is 28.7 Å². The quantitative estimate of drug-likeness (QED) is 0.811. The largest absolute Gasteiger partial charge is 0.376 e. The summed E-state index contributed by atoms with van der Waals surface area (Å²) in [5.74, 6) is 1.38. The van der Waals surface area contributed by atoms with E-state index >= 15 is 0 Å². The lowest BCUT2D eigenvalue weighted by Crippen LogP contribution is -2.32. The van der Waals surface area contributed by atoms with Gasteiger partial charge in [-0.2, -0.15) is 0 Å². The van der Waals surface area contributed by atoms with Crippen molar-refractivity contribution in [2.45, 2.75) is 31.4 Å². The minimum absolute atomic E-state index is 0.0926. The first-order valence-electron chi connectivity index (χ1n) is 5.87. The number of hydrogen-bond donors (Lipinski definition) is 2. The van der Waals surface area contributed by atoms with Crippen molar-refractivity contribution < 1.29 is 4.74 Å². The first kappa shape index (κ1) is 11.5. The predicted octanol–water partition coefficient (Wildman–Crippen LogP) is 1.35. The Kier molecular flexibility index (Phi) is 3.08. The van der Waals surface area contributed by atoms with Gasteiger partial charge >= 0.3 is 0 Å². The van der Waals surface area contributed by atoms with E-state index in [9.17, 15) is 4.79 Å². The van der Waals surface area contributed by atoms with E-state index in [4.69, 9.17) is 4.74 Å². The molecule has 1 aliphatic carbocycles. The molecule has 0 aromatic carbocycles. The van der Waals surface area contributed by atoms with Gasteiger partial charge in [0.2, 0.25) is 0 Å². The maximum Gasteiger partial charge on any atom is 0.266 e. The van der Waals surface area contributed by atoms with E-state index in [1.807, 2.05) is 22.6 Å². The highest BCUT2D eigenvalue weighted by Crippen LogP contribution is 2.39. The number of halogens is 1. The molecule has 0 spiro atoms. The fraction of sp³-hybridized carbons (Fsp3) is 0.636. The molecule has 17 heavy (non-hydrogen) atoms.